The van der Waals surface area contributed by atoms with Crippen LogP contribution in [0.5, 0.6) is 0 Å². The lowest BCUT2D eigenvalue weighted by Gasteiger charge is -1.92. The van der Waals surface area contributed by atoms with E-state index in [1.165, 1.54) is 0 Å². The van der Waals surface area contributed by atoms with Crippen molar-refractivity contribution < 1.29 is 4.92 Å². The zero-order valence-corrected chi connectivity index (χ0v) is 4.00. The van der Waals surface area contributed by atoms with E-state index in [4.69, 9.17) is 0 Å². The zero-order chi connectivity index (χ0) is 5.98. The second kappa shape index (κ2) is 1.77. The Bertz CT molecular complexity index is 132. The molecule has 0 spiro atoms. The number of nitrogens with zero attached hydrogens (tertiary/aromatic N) is 2. The largest absolute Gasteiger partial charge is 0.358 e. The molecule has 5 nitrogen and oxygen atoms in total. The highest BCUT2D eigenvalue weighted by Crippen LogP contribution is 1.92. The molecule has 43 valence electrons. The molecule has 0 saturated heterocycles. The Morgan fingerprint density at radius 2 is 2.75 bits per heavy atom. The number of nitrogens with one attached hydrogen (secondary N) is 1. The highest BCUT2D eigenvalue weighted by molar-refractivity contribution is 5.56. The van der Waals surface area contributed by atoms with Crippen molar-refractivity contribution in [3.63, 3.8) is 0 Å². The molecule has 0 saturated carbocycles. The van der Waals surface area contributed by atoms with Gasteiger partial charge in [0, 0.05) is 4.92 Å². The maximum absolute atomic E-state index is 9.83. The molecule has 1 N–H and O–H groups in total. The summed E-state index contributed by atoms with van der Waals surface area (Å²) in [6, 6.07) is 0. The maximum Gasteiger partial charge on any atom is 0.322 e. The zero-order valence-electron chi connectivity index (χ0n) is 4.00. The van der Waals surface area contributed by atoms with Crippen LogP contribution in [-0.2, 0) is 0 Å². The highest BCUT2D eigenvalue weighted by Gasteiger charge is 2.20. The van der Waals surface area contributed by atoms with E-state index >= 15 is 0 Å². The molecule has 1 heterocycles. The third-order valence-corrected chi connectivity index (χ3v) is 0.821. The first-order valence-electron chi connectivity index (χ1n) is 2.12. The van der Waals surface area contributed by atoms with Crippen LogP contribution >= 0.6 is 0 Å². The lowest BCUT2D eigenvalue weighted by molar-refractivity contribution is -0.516. The summed E-state index contributed by atoms with van der Waals surface area (Å²) in [5.41, 5.74) is 0. The summed E-state index contributed by atoms with van der Waals surface area (Å²) >= 11 is 0. The molecular formula is C3H4N3O2. The van der Waals surface area contributed by atoms with Gasteiger partial charge < -0.3 is 5.32 Å². The van der Waals surface area contributed by atoms with Crippen LogP contribution in [0, 0.1) is 10.1 Å². The van der Waals surface area contributed by atoms with E-state index in [9.17, 15) is 10.1 Å². The minimum absolute atomic E-state index is 0.271. The molecule has 0 aliphatic carbocycles. The van der Waals surface area contributed by atoms with Crippen molar-refractivity contribution in [2.24, 2.45) is 4.99 Å². The van der Waals surface area contributed by atoms with Gasteiger partial charge in [-0.15, -0.1) is 0 Å². The summed E-state index contributed by atoms with van der Waals surface area (Å²) < 4.78 is 0. The van der Waals surface area contributed by atoms with Gasteiger partial charge in [-0.05, 0) is 0 Å². The third-order valence-electron chi connectivity index (χ3n) is 0.821. The van der Waals surface area contributed by atoms with Gasteiger partial charge in [-0.3, -0.25) is 10.1 Å². The monoisotopic (exact) mass is 114 g/mol. The van der Waals surface area contributed by atoms with Gasteiger partial charge in [0.1, 0.15) is 6.54 Å². The van der Waals surface area contributed by atoms with Crippen molar-refractivity contribution in [1.82, 2.24) is 5.32 Å². The molecular weight excluding hydrogens is 110 g/mol. The Morgan fingerprint density at radius 3 is 3.00 bits per heavy atom. The second-order valence-corrected chi connectivity index (χ2v) is 1.39. The van der Waals surface area contributed by atoms with E-state index in [2.05, 4.69) is 16.6 Å². The molecule has 1 aliphatic rings. The number of rotatable bonds is 1. The summed E-state index contributed by atoms with van der Waals surface area (Å²) in [7, 11) is 0. The van der Waals surface area contributed by atoms with Gasteiger partial charge in [0.05, 0.1) is 0 Å². The summed E-state index contributed by atoms with van der Waals surface area (Å²) in [6.45, 7) is 0.271. The van der Waals surface area contributed by atoms with Gasteiger partial charge in [-0.2, -0.15) is 4.99 Å². The Balaban J connectivity index is 2.48. The highest BCUT2D eigenvalue weighted by atomic mass is 16.6. The molecule has 0 aromatic carbocycles. The fraction of sp³-hybridized carbons (Fsp3) is 0.667. The van der Waals surface area contributed by atoms with Crippen LogP contribution in [0.3, 0.4) is 0 Å². The lowest BCUT2D eigenvalue weighted by Crippen LogP contribution is -2.22. The SMILES string of the molecule is O=[N+]([O-])C1CN[C]=N1. The summed E-state index contributed by atoms with van der Waals surface area (Å²) in [6.07, 6.45) is 1.48. The van der Waals surface area contributed by atoms with Gasteiger partial charge in [-0.25, -0.2) is 0 Å². The van der Waals surface area contributed by atoms with Gasteiger partial charge in [0.15, 0.2) is 6.34 Å². The molecule has 0 amide bonds. The van der Waals surface area contributed by atoms with Gasteiger partial charge in [0.25, 0.3) is 0 Å². The quantitative estimate of drug-likeness (QED) is 0.354. The van der Waals surface area contributed by atoms with Gasteiger partial charge in [-0.1, -0.05) is 0 Å². The van der Waals surface area contributed by atoms with Crippen molar-refractivity contribution in [3.8, 4) is 0 Å². The van der Waals surface area contributed by atoms with E-state index in [-0.39, 0.29) is 6.54 Å². The van der Waals surface area contributed by atoms with Crippen molar-refractivity contribution in [3.05, 3.63) is 10.1 Å². The van der Waals surface area contributed by atoms with Crippen LogP contribution in [0.4, 0.5) is 0 Å². The Morgan fingerprint density at radius 1 is 2.00 bits per heavy atom. The molecule has 0 aromatic rings. The van der Waals surface area contributed by atoms with Gasteiger partial charge >= 0.3 is 6.17 Å². The van der Waals surface area contributed by atoms with Gasteiger partial charge in [0.2, 0.25) is 0 Å². The minimum Gasteiger partial charge on any atom is -0.358 e. The Labute approximate surface area is 45.6 Å². The van der Waals surface area contributed by atoms with Crippen LogP contribution in [-0.4, -0.2) is 24.0 Å². The Hall–Kier alpha value is -1.13. The molecule has 8 heavy (non-hydrogen) atoms. The second-order valence-electron chi connectivity index (χ2n) is 1.39. The topological polar surface area (TPSA) is 67.5 Å². The average Bonchev–Trinajstić information content (AvgIpc) is 2.12. The van der Waals surface area contributed by atoms with E-state index in [1.54, 1.807) is 0 Å². The van der Waals surface area contributed by atoms with Crippen LogP contribution in [0.15, 0.2) is 4.99 Å². The van der Waals surface area contributed by atoms with Crippen LogP contribution in [0.2, 0.25) is 0 Å². The van der Waals surface area contributed by atoms with Crippen LogP contribution < -0.4 is 5.32 Å². The van der Waals surface area contributed by atoms with Crippen molar-refractivity contribution in [2.75, 3.05) is 6.54 Å². The van der Waals surface area contributed by atoms with Crippen LogP contribution in [0.1, 0.15) is 0 Å². The van der Waals surface area contributed by atoms with E-state index < -0.39 is 11.1 Å². The summed E-state index contributed by atoms with van der Waals surface area (Å²) in [5.74, 6) is 0. The lowest BCUT2D eigenvalue weighted by atomic mass is 10.6. The molecule has 1 atom stereocenters. The maximum atomic E-state index is 9.83. The molecule has 1 rings (SSSR count). The fourth-order valence-electron chi connectivity index (χ4n) is 0.424. The smallest absolute Gasteiger partial charge is 0.322 e. The minimum atomic E-state index is -0.810. The molecule has 0 fully saturated rings. The first-order chi connectivity index (χ1) is 3.80. The van der Waals surface area contributed by atoms with Crippen molar-refractivity contribution in [2.45, 2.75) is 6.17 Å². The first kappa shape index (κ1) is 5.02. The Kier molecular flexibility index (Phi) is 1.11. The summed E-state index contributed by atoms with van der Waals surface area (Å²) in [4.78, 5) is 12.8. The number of hydrogen-bond donors (Lipinski definition) is 1. The molecule has 1 aliphatic heterocycles. The predicted octanol–water partition coefficient (Wildman–Crippen LogP) is -0.902. The molecule has 0 aromatic heterocycles. The van der Waals surface area contributed by atoms with E-state index in [1.807, 2.05) is 0 Å². The predicted molar refractivity (Wildman–Crippen MR) is 26.2 cm³/mol. The van der Waals surface area contributed by atoms with Crippen molar-refractivity contribution in [1.29, 1.82) is 0 Å². The molecule has 5 heteroatoms. The first-order valence-corrected chi connectivity index (χ1v) is 2.12. The number of aliphatic imine (C=N–C) groups is 1. The average molecular weight is 114 g/mol. The summed E-state index contributed by atoms with van der Waals surface area (Å²) in [5, 5.41) is 12.3. The van der Waals surface area contributed by atoms with E-state index in [0.29, 0.717) is 0 Å². The fourth-order valence-corrected chi connectivity index (χ4v) is 0.424. The van der Waals surface area contributed by atoms with E-state index in [0.717, 1.165) is 0 Å². The number of nitro groups is 1. The molecule has 1 radical (unpaired) electrons. The molecule has 0 bridgehead atoms. The molecule has 1 unspecified atom stereocenters. The standard InChI is InChI=1S/C3H4N3O2/c7-6(8)3-1-4-2-5-3/h3H,1H2,(H,4,5). The normalized spacial score (nSPS) is 25.2. The van der Waals surface area contributed by atoms with Crippen LogP contribution in [0.25, 0.3) is 0 Å². The number of hydrogen-bond acceptors (Lipinski definition) is 4. The van der Waals surface area contributed by atoms with Crippen molar-refractivity contribution >= 4 is 6.34 Å². The third kappa shape index (κ3) is 0.749.